The number of fused-ring (bicyclic) bond motifs is 1. The Hall–Kier alpha value is -2.16. The van der Waals surface area contributed by atoms with E-state index in [1.807, 2.05) is 30.3 Å². The Balaban J connectivity index is 2.39. The van der Waals surface area contributed by atoms with Crippen molar-refractivity contribution < 1.29 is 9.47 Å². The molecular weight excluding hydrogens is 284 g/mol. The number of ether oxygens (including phenoxy) is 2. The van der Waals surface area contributed by atoms with Gasteiger partial charge in [0, 0.05) is 25.3 Å². The van der Waals surface area contributed by atoms with Gasteiger partial charge in [0.05, 0.1) is 0 Å². The second-order valence-electron chi connectivity index (χ2n) is 5.57. The smallest absolute Gasteiger partial charge is 0.222 e. The Morgan fingerprint density at radius 1 is 0.783 bits per heavy atom. The molecular formula is C21H22O2. The second kappa shape index (κ2) is 6.53. The standard InChI is InChI=1S/C21H22O2/c1-4-16-14-15-17-10-8-9-13-19(17)20(16)21(22-2,23-3)18-11-6-5-7-12-18/h5-15H,4H2,1-3H3. The van der Waals surface area contributed by atoms with Gasteiger partial charge in [-0.3, -0.25) is 0 Å². The van der Waals surface area contributed by atoms with E-state index in [1.54, 1.807) is 14.2 Å². The third kappa shape index (κ3) is 2.54. The maximum absolute atomic E-state index is 5.99. The molecule has 0 unspecified atom stereocenters. The fourth-order valence-electron chi connectivity index (χ4n) is 3.33. The molecule has 0 aromatic heterocycles. The first-order valence-corrected chi connectivity index (χ1v) is 7.93. The van der Waals surface area contributed by atoms with Crippen molar-refractivity contribution >= 4 is 10.8 Å². The molecule has 0 radical (unpaired) electrons. The Kier molecular flexibility index (Phi) is 4.46. The first kappa shape index (κ1) is 15.7. The van der Waals surface area contributed by atoms with E-state index >= 15 is 0 Å². The summed E-state index contributed by atoms with van der Waals surface area (Å²) in [7, 11) is 3.41. The number of hydrogen-bond donors (Lipinski definition) is 0. The van der Waals surface area contributed by atoms with Crippen LogP contribution in [0.1, 0.15) is 23.6 Å². The topological polar surface area (TPSA) is 18.5 Å². The number of rotatable bonds is 5. The average molecular weight is 306 g/mol. The van der Waals surface area contributed by atoms with Crippen LogP contribution in [-0.2, 0) is 21.7 Å². The summed E-state index contributed by atoms with van der Waals surface area (Å²) in [5, 5.41) is 2.36. The van der Waals surface area contributed by atoms with E-state index < -0.39 is 5.79 Å². The van der Waals surface area contributed by atoms with Gasteiger partial charge in [-0.2, -0.15) is 0 Å². The minimum atomic E-state index is -0.909. The lowest BCUT2D eigenvalue weighted by Gasteiger charge is -2.34. The first-order valence-electron chi connectivity index (χ1n) is 7.93. The minimum Gasteiger partial charge on any atom is -0.346 e. The van der Waals surface area contributed by atoms with Gasteiger partial charge in [-0.05, 0) is 22.8 Å². The Labute approximate surface area is 137 Å². The first-order chi connectivity index (χ1) is 11.3. The van der Waals surface area contributed by atoms with E-state index in [4.69, 9.17) is 9.47 Å². The van der Waals surface area contributed by atoms with E-state index in [9.17, 15) is 0 Å². The lowest BCUT2D eigenvalue weighted by Crippen LogP contribution is -2.33. The lowest BCUT2D eigenvalue weighted by molar-refractivity contribution is -0.183. The number of methoxy groups -OCH3 is 2. The molecule has 2 nitrogen and oxygen atoms in total. The zero-order valence-corrected chi connectivity index (χ0v) is 13.9. The van der Waals surface area contributed by atoms with Crippen LogP contribution >= 0.6 is 0 Å². The molecule has 0 saturated carbocycles. The highest BCUT2D eigenvalue weighted by Gasteiger charge is 2.37. The summed E-state index contributed by atoms with van der Waals surface area (Å²) in [6, 6.07) is 22.8. The maximum atomic E-state index is 5.99. The SMILES string of the molecule is CCc1ccc2ccccc2c1C(OC)(OC)c1ccccc1. The van der Waals surface area contributed by atoms with E-state index in [-0.39, 0.29) is 0 Å². The fourth-order valence-corrected chi connectivity index (χ4v) is 3.33. The van der Waals surface area contributed by atoms with Gasteiger partial charge in [-0.15, -0.1) is 0 Å². The lowest BCUT2D eigenvalue weighted by atomic mass is 9.87. The predicted molar refractivity (Wildman–Crippen MR) is 94.6 cm³/mol. The van der Waals surface area contributed by atoms with E-state index in [0.29, 0.717) is 0 Å². The molecule has 3 rings (SSSR count). The summed E-state index contributed by atoms with van der Waals surface area (Å²) in [5.74, 6) is -0.909. The highest BCUT2D eigenvalue weighted by Crippen LogP contribution is 2.40. The van der Waals surface area contributed by atoms with Gasteiger partial charge in [-0.25, -0.2) is 0 Å². The van der Waals surface area contributed by atoms with Crippen molar-refractivity contribution in [2.75, 3.05) is 14.2 Å². The molecule has 0 amide bonds. The molecule has 3 aromatic carbocycles. The van der Waals surface area contributed by atoms with Crippen molar-refractivity contribution in [1.82, 2.24) is 0 Å². The molecule has 3 aromatic rings. The molecule has 0 fully saturated rings. The average Bonchev–Trinajstić information content (AvgIpc) is 2.64. The molecule has 0 saturated heterocycles. The van der Waals surface area contributed by atoms with Crippen molar-refractivity contribution in [3.63, 3.8) is 0 Å². The molecule has 2 heteroatoms. The summed E-state index contributed by atoms with van der Waals surface area (Å²) in [6.45, 7) is 2.16. The van der Waals surface area contributed by atoms with E-state index in [1.165, 1.54) is 16.3 Å². The molecule has 0 heterocycles. The zero-order chi connectivity index (χ0) is 16.3. The number of benzene rings is 3. The Morgan fingerprint density at radius 3 is 2.09 bits per heavy atom. The van der Waals surface area contributed by atoms with Gasteiger partial charge in [-0.1, -0.05) is 73.7 Å². The molecule has 0 aliphatic carbocycles. The molecule has 23 heavy (non-hydrogen) atoms. The van der Waals surface area contributed by atoms with Gasteiger partial charge < -0.3 is 9.47 Å². The fraction of sp³-hybridized carbons (Fsp3) is 0.238. The van der Waals surface area contributed by atoms with E-state index in [2.05, 4.69) is 43.3 Å². The maximum Gasteiger partial charge on any atom is 0.222 e. The molecule has 0 aliphatic heterocycles. The summed E-state index contributed by atoms with van der Waals surface area (Å²) < 4.78 is 12.0. The monoisotopic (exact) mass is 306 g/mol. The van der Waals surface area contributed by atoms with Crippen LogP contribution in [-0.4, -0.2) is 14.2 Å². The van der Waals surface area contributed by atoms with Crippen LogP contribution in [0, 0.1) is 0 Å². The zero-order valence-electron chi connectivity index (χ0n) is 13.9. The molecule has 0 bridgehead atoms. The van der Waals surface area contributed by atoms with Crippen molar-refractivity contribution in [2.24, 2.45) is 0 Å². The third-order valence-electron chi connectivity index (χ3n) is 4.45. The second-order valence-corrected chi connectivity index (χ2v) is 5.57. The normalized spacial score (nSPS) is 11.8. The van der Waals surface area contributed by atoms with Gasteiger partial charge >= 0.3 is 0 Å². The van der Waals surface area contributed by atoms with Crippen LogP contribution in [0.2, 0.25) is 0 Å². The van der Waals surface area contributed by atoms with Crippen LogP contribution in [0.25, 0.3) is 10.8 Å². The third-order valence-corrected chi connectivity index (χ3v) is 4.45. The summed E-state index contributed by atoms with van der Waals surface area (Å²) >= 11 is 0. The summed E-state index contributed by atoms with van der Waals surface area (Å²) in [4.78, 5) is 0. The Morgan fingerprint density at radius 2 is 1.43 bits per heavy atom. The van der Waals surface area contributed by atoms with Crippen LogP contribution in [0.5, 0.6) is 0 Å². The minimum absolute atomic E-state index is 0.909. The van der Waals surface area contributed by atoms with E-state index in [0.717, 1.165) is 17.5 Å². The van der Waals surface area contributed by atoms with Gasteiger partial charge in [0.2, 0.25) is 5.79 Å². The summed E-state index contributed by atoms with van der Waals surface area (Å²) in [5.41, 5.74) is 3.32. The van der Waals surface area contributed by atoms with Crippen molar-refractivity contribution in [1.29, 1.82) is 0 Å². The van der Waals surface area contributed by atoms with Crippen molar-refractivity contribution in [2.45, 2.75) is 19.1 Å². The van der Waals surface area contributed by atoms with Crippen LogP contribution < -0.4 is 0 Å². The van der Waals surface area contributed by atoms with Gasteiger partial charge in [0.15, 0.2) is 0 Å². The Bertz CT molecular complexity index is 789. The van der Waals surface area contributed by atoms with Gasteiger partial charge in [0.25, 0.3) is 0 Å². The summed E-state index contributed by atoms with van der Waals surface area (Å²) in [6.07, 6.45) is 0.918. The molecule has 0 aliphatic rings. The molecule has 0 spiro atoms. The van der Waals surface area contributed by atoms with Crippen molar-refractivity contribution in [3.05, 3.63) is 83.4 Å². The predicted octanol–water partition coefficient (Wildman–Crippen LogP) is 4.90. The van der Waals surface area contributed by atoms with Gasteiger partial charge in [0.1, 0.15) is 0 Å². The highest BCUT2D eigenvalue weighted by molar-refractivity contribution is 5.88. The molecule has 0 N–H and O–H groups in total. The largest absolute Gasteiger partial charge is 0.346 e. The highest BCUT2D eigenvalue weighted by atomic mass is 16.7. The van der Waals surface area contributed by atoms with Crippen LogP contribution in [0.4, 0.5) is 0 Å². The number of aryl methyl sites for hydroxylation is 1. The molecule has 118 valence electrons. The van der Waals surface area contributed by atoms with Crippen LogP contribution in [0.3, 0.4) is 0 Å². The van der Waals surface area contributed by atoms with Crippen molar-refractivity contribution in [3.8, 4) is 0 Å². The van der Waals surface area contributed by atoms with Crippen LogP contribution in [0.15, 0.2) is 66.7 Å². The number of hydrogen-bond acceptors (Lipinski definition) is 2. The quantitative estimate of drug-likeness (QED) is 0.624. The molecule has 0 atom stereocenters.